The van der Waals surface area contributed by atoms with Crippen molar-refractivity contribution >= 4 is 27.3 Å². The number of hydrogen-bond acceptors (Lipinski definition) is 4. The molecule has 0 radical (unpaired) electrons. The highest BCUT2D eigenvalue weighted by molar-refractivity contribution is 9.11. The number of aromatic nitrogens is 3. The molecule has 1 unspecified atom stereocenters. The predicted molar refractivity (Wildman–Crippen MR) is 60.4 cm³/mol. The first-order valence-corrected chi connectivity index (χ1v) is 5.68. The van der Waals surface area contributed by atoms with Crippen molar-refractivity contribution in [3.63, 3.8) is 0 Å². The van der Waals surface area contributed by atoms with Crippen LogP contribution in [-0.4, -0.2) is 20.3 Å². The average Bonchev–Trinajstić information content (AvgIpc) is 2.84. The fourth-order valence-electron chi connectivity index (χ4n) is 1.11. The molecule has 0 saturated heterocycles. The number of nitrogens with one attached hydrogen (secondary N) is 1. The third-order valence-corrected chi connectivity index (χ3v) is 3.44. The minimum Gasteiger partial charge on any atom is -0.380 e. The molecule has 2 aromatic heterocycles. The van der Waals surface area contributed by atoms with Gasteiger partial charge in [0.1, 0.15) is 17.5 Å². The Labute approximate surface area is 98.5 Å². The normalized spacial score (nSPS) is 12.3. The van der Waals surface area contributed by atoms with E-state index in [0.29, 0.717) is 17.1 Å². The van der Waals surface area contributed by atoms with Crippen molar-refractivity contribution in [2.24, 2.45) is 0 Å². The van der Waals surface area contributed by atoms with Crippen molar-refractivity contribution in [2.45, 2.75) is 6.10 Å². The summed E-state index contributed by atoms with van der Waals surface area (Å²) in [5, 5.41) is 16.5. The minimum atomic E-state index is -0.857. The van der Waals surface area contributed by atoms with Crippen LogP contribution >= 0.6 is 27.3 Å². The fourth-order valence-corrected chi connectivity index (χ4v) is 2.22. The van der Waals surface area contributed by atoms with Crippen LogP contribution in [0.5, 0.6) is 0 Å². The van der Waals surface area contributed by atoms with E-state index in [1.807, 2.05) is 0 Å². The number of nitrogens with zero attached hydrogens (tertiary/aromatic N) is 2. The Morgan fingerprint density at radius 1 is 1.67 bits per heavy atom. The maximum Gasteiger partial charge on any atom is 0.142 e. The first-order chi connectivity index (χ1) is 7.22. The molecule has 0 aromatic carbocycles. The van der Waals surface area contributed by atoms with E-state index in [1.165, 1.54) is 11.3 Å². The zero-order chi connectivity index (χ0) is 10.8. The summed E-state index contributed by atoms with van der Waals surface area (Å²) in [6, 6.07) is 1.62. The van der Waals surface area contributed by atoms with Gasteiger partial charge in [-0.2, -0.15) is 5.10 Å². The van der Waals surface area contributed by atoms with Gasteiger partial charge >= 0.3 is 0 Å². The quantitative estimate of drug-likeness (QED) is 0.825. The smallest absolute Gasteiger partial charge is 0.142 e. The number of aliphatic hydroxyl groups excluding tert-OH is 1. The van der Waals surface area contributed by atoms with Crippen molar-refractivity contribution in [1.82, 2.24) is 15.2 Å². The molecule has 2 N–H and O–H groups in total. The molecule has 0 aliphatic rings. The van der Waals surface area contributed by atoms with E-state index in [9.17, 15) is 5.11 Å². The average molecular weight is 284 g/mol. The topological polar surface area (TPSA) is 61.8 Å². The van der Waals surface area contributed by atoms with Crippen LogP contribution in [0, 0.1) is 12.3 Å². The van der Waals surface area contributed by atoms with Crippen LogP contribution in [-0.2, 0) is 0 Å². The zero-order valence-corrected chi connectivity index (χ0v) is 9.84. The van der Waals surface area contributed by atoms with Crippen molar-refractivity contribution < 1.29 is 5.11 Å². The van der Waals surface area contributed by atoms with Crippen molar-refractivity contribution in [3.05, 3.63) is 32.4 Å². The largest absolute Gasteiger partial charge is 0.380 e. The molecular formula is C9H6BrN3OS. The van der Waals surface area contributed by atoms with E-state index in [1.54, 1.807) is 11.6 Å². The van der Waals surface area contributed by atoms with E-state index in [0.717, 1.165) is 3.79 Å². The third-order valence-electron chi connectivity index (χ3n) is 1.84. The molecule has 76 valence electrons. The van der Waals surface area contributed by atoms with Crippen LogP contribution in [0.3, 0.4) is 0 Å². The highest BCUT2D eigenvalue weighted by Gasteiger charge is 2.18. The zero-order valence-electron chi connectivity index (χ0n) is 7.44. The summed E-state index contributed by atoms with van der Waals surface area (Å²) in [7, 11) is 0. The molecule has 0 bridgehead atoms. The summed E-state index contributed by atoms with van der Waals surface area (Å²) in [5.41, 5.74) is 3.21. The summed E-state index contributed by atoms with van der Waals surface area (Å²) in [5.74, 6) is 2.40. The molecule has 0 aliphatic heterocycles. The van der Waals surface area contributed by atoms with Gasteiger partial charge in [0.25, 0.3) is 0 Å². The van der Waals surface area contributed by atoms with E-state index >= 15 is 0 Å². The second-order valence-electron chi connectivity index (χ2n) is 2.76. The first kappa shape index (κ1) is 10.4. The summed E-state index contributed by atoms with van der Waals surface area (Å²) in [4.78, 5) is 4.04. The van der Waals surface area contributed by atoms with Crippen LogP contribution in [0.4, 0.5) is 0 Å². The van der Waals surface area contributed by atoms with Crippen LogP contribution in [0.25, 0.3) is 0 Å². The number of thiazole rings is 1. The van der Waals surface area contributed by atoms with Crippen molar-refractivity contribution in [3.8, 4) is 12.3 Å². The van der Waals surface area contributed by atoms with Crippen LogP contribution < -0.4 is 0 Å². The second kappa shape index (κ2) is 4.14. The Kier molecular flexibility index (Phi) is 2.86. The number of aromatic amines is 1. The van der Waals surface area contributed by atoms with Gasteiger partial charge < -0.3 is 5.11 Å². The number of aliphatic hydroxyl groups is 1. The van der Waals surface area contributed by atoms with Gasteiger partial charge in [-0.3, -0.25) is 5.10 Å². The van der Waals surface area contributed by atoms with Gasteiger partial charge in [-0.15, -0.1) is 17.8 Å². The molecule has 1 atom stereocenters. The monoisotopic (exact) mass is 283 g/mol. The number of H-pyrrole nitrogens is 1. The maximum absolute atomic E-state index is 9.93. The summed E-state index contributed by atoms with van der Waals surface area (Å²) in [6.45, 7) is 0. The highest BCUT2D eigenvalue weighted by Crippen LogP contribution is 2.29. The lowest BCUT2D eigenvalue weighted by atomic mass is 10.2. The highest BCUT2D eigenvalue weighted by atomic mass is 79.9. The van der Waals surface area contributed by atoms with Crippen LogP contribution in [0.1, 0.15) is 23.2 Å². The van der Waals surface area contributed by atoms with Gasteiger partial charge in [0.2, 0.25) is 0 Å². The van der Waals surface area contributed by atoms with Gasteiger partial charge in [-0.05, 0) is 22.0 Å². The van der Waals surface area contributed by atoms with Gasteiger partial charge in [-0.1, -0.05) is 5.92 Å². The molecule has 0 fully saturated rings. The summed E-state index contributed by atoms with van der Waals surface area (Å²) in [6.07, 6.45) is 4.33. The molecule has 6 heteroatoms. The number of rotatable bonds is 2. The van der Waals surface area contributed by atoms with E-state index in [2.05, 4.69) is 37.0 Å². The van der Waals surface area contributed by atoms with Gasteiger partial charge in [0, 0.05) is 0 Å². The van der Waals surface area contributed by atoms with Gasteiger partial charge in [0.05, 0.1) is 15.0 Å². The van der Waals surface area contributed by atoms with E-state index in [-0.39, 0.29) is 0 Å². The van der Waals surface area contributed by atoms with Crippen molar-refractivity contribution in [2.75, 3.05) is 0 Å². The molecule has 2 heterocycles. The fraction of sp³-hybridized carbons (Fsp3) is 0.111. The second-order valence-corrected chi connectivity index (χ2v) is 4.94. The molecule has 0 aliphatic carbocycles. The number of hydrogen-bond donors (Lipinski definition) is 2. The Hall–Kier alpha value is -1.16. The number of halogens is 1. The minimum absolute atomic E-state index is 0.467. The molecule has 0 spiro atoms. The Balaban J connectivity index is 2.33. The van der Waals surface area contributed by atoms with Gasteiger partial charge in [-0.25, -0.2) is 4.98 Å². The third kappa shape index (κ3) is 1.95. The van der Waals surface area contributed by atoms with Crippen molar-refractivity contribution in [1.29, 1.82) is 0 Å². The molecule has 2 rings (SSSR count). The van der Waals surface area contributed by atoms with E-state index < -0.39 is 6.10 Å². The summed E-state index contributed by atoms with van der Waals surface area (Å²) >= 11 is 4.71. The maximum atomic E-state index is 9.93. The molecule has 0 amide bonds. The Morgan fingerprint density at radius 3 is 3.00 bits per heavy atom. The molecular weight excluding hydrogens is 278 g/mol. The van der Waals surface area contributed by atoms with Gasteiger partial charge in [0.15, 0.2) is 0 Å². The predicted octanol–water partition coefficient (Wildman–Crippen LogP) is 1.69. The number of terminal acetylenes is 1. The Morgan fingerprint density at radius 2 is 2.47 bits per heavy atom. The SMILES string of the molecule is C#Cc1cc(C(O)c2ncsc2Br)n[nH]1. The first-order valence-electron chi connectivity index (χ1n) is 4.01. The summed E-state index contributed by atoms with van der Waals surface area (Å²) < 4.78 is 0.792. The standard InChI is InChI=1S/C9H6BrN3OS/c1-2-5-3-6(13-12-5)8(14)7-9(10)15-4-11-7/h1,3-4,8,14H,(H,12,13). The Bertz CT molecular complexity index is 513. The molecule has 15 heavy (non-hydrogen) atoms. The lowest BCUT2D eigenvalue weighted by Gasteiger charge is -2.03. The lowest BCUT2D eigenvalue weighted by Crippen LogP contribution is -2.01. The molecule has 2 aromatic rings. The molecule has 4 nitrogen and oxygen atoms in total. The van der Waals surface area contributed by atoms with E-state index in [4.69, 9.17) is 6.42 Å². The lowest BCUT2D eigenvalue weighted by molar-refractivity contribution is 0.210. The van der Waals surface area contributed by atoms with Crippen LogP contribution in [0.2, 0.25) is 0 Å². The van der Waals surface area contributed by atoms with Crippen LogP contribution in [0.15, 0.2) is 15.4 Å². The molecule has 0 saturated carbocycles.